The Bertz CT molecular complexity index is 827. The van der Waals surface area contributed by atoms with Crippen LogP contribution in [0.3, 0.4) is 0 Å². The molecule has 0 aliphatic rings. The molecule has 0 radical (unpaired) electrons. The van der Waals surface area contributed by atoms with Crippen molar-refractivity contribution < 1.29 is 18.3 Å². The number of nitrogens with one attached hydrogen (secondary N) is 1. The van der Waals surface area contributed by atoms with Crippen LogP contribution in [0.4, 0.5) is 0 Å². The summed E-state index contributed by atoms with van der Waals surface area (Å²) in [6, 6.07) is -1.57. The van der Waals surface area contributed by atoms with E-state index in [4.69, 9.17) is 11.5 Å². The second kappa shape index (κ2) is 5.94. The lowest BCUT2D eigenvalue weighted by atomic mass is 10.2. The van der Waals surface area contributed by atoms with E-state index in [2.05, 4.69) is 0 Å². The highest BCUT2D eigenvalue weighted by molar-refractivity contribution is 7.89. The Labute approximate surface area is 119 Å². The maximum Gasteiger partial charge on any atom is 0.330 e. The molecule has 1 unspecified atom stereocenters. The summed E-state index contributed by atoms with van der Waals surface area (Å²) in [5.74, 6) is 0.549. The van der Waals surface area contributed by atoms with Gasteiger partial charge in [-0.3, -0.25) is 14.2 Å². The van der Waals surface area contributed by atoms with Crippen LogP contribution in [0.1, 0.15) is 6.42 Å². The Morgan fingerprint density at radius 3 is 2.52 bits per heavy atom. The van der Waals surface area contributed by atoms with Crippen molar-refractivity contribution in [3.8, 4) is 12.3 Å². The van der Waals surface area contributed by atoms with Gasteiger partial charge in [-0.05, 0) is 0 Å². The number of sulfonamides is 1. The zero-order chi connectivity index (χ0) is 16.4. The number of nitrogens with zero attached hydrogens (tertiary/aromatic N) is 2. The quantitative estimate of drug-likeness (QED) is 0.596. The molecule has 0 bridgehead atoms. The van der Waals surface area contributed by atoms with Crippen molar-refractivity contribution in [2.45, 2.75) is 17.4 Å². The highest BCUT2D eigenvalue weighted by atomic mass is 32.2. The van der Waals surface area contributed by atoms with E-state index in [1.165, 1.54) is 7.05 Å². The molecule has 0 amide bonds. The average molecular weight is 315 g/mol. The minimum atomic E-state index is -4.44. The molecule has 0 aliphatic carbocycles. The van der Waals surface area contributed by atoms with Crippen LogP contribution >= 0.6 is 0 Å². The number of carbonyl (C=O) groups is 1. The van der Waals surface area contributed by atoms with Crippen LogP contribution in [0.25, 0.3) is 0 Å². The van der Waals surface area contributed by atoms with Gasteiger partial charge in [-0.1, -0.05) is 0 Å². The van der Waals surface area contributed by atoms with Crippen LogP contribution in [-0.4, -0.2) is 34.7 Å². The van der Waals surface area contributed by atoms with E-state index >= 15 is 0 Å². The molecule has 1 atom stereocenters. The van der Waals surface area contributed by atoms with Crippen molar-refractivity contribution in [1.29, 1.82) is 0 Å². The van der Waals surface area contributed by atoms with E-state index in [9.17, 15) is 22.8 Å². The summed E-state index contributed by atoms with van der Waals surface area (Å²) in [5.41, 5.74) is -1.77. The molecular formula is C11H13N3O6S. The van der Waals surface area contributed by atoms with E-state index in [1.54, 1.807) is 0 Å². The number of rotatable bonds is 5. The number of aromatic nitrogens is 2. The normalized spacial score (nSPS) is 12.6. The monoisotopic (exact) mass is 315 g/mol. The lowest BCUT2D eigenvalue weighted by Gasteiger charge is -2.13. The molecular weight excluding hydrogens is 302 g/mol. The molecule has 0 saturated carbocycles. The van der Waals surface area contributed by atoms with Crippen molar-refractivity contribution in [1.82, 2.24) is 13.9 Å². The van der Waals surface area contributed by atoms with Crippen LogP contribution in [0.5, 0.6) is 0 Å². The maximum absolute atomic E-state index is 12.1. The van der Waals surface area contributed by atoms with Crippen molar-refractivity contribution >= 4 is 16.0 Å². The molecule has 0 fully saturated rings. The first-order valence-corrected chi connectivity index (χ1v) is 7.05. The predicted molar refractivity (Wildman–Crippen MR) is 72.1 cm³/mol. The van der Waals surface area contributed by atoms with Crippen molar-refractivity contribution in [3.63, 3.8) is 0 Å². The van der Waals surface area contributed by atoms with Gasteiger partial charge in [0.15, 0.2) is 4.90 Å². The van der Waals surface area contributed by atoms with Gasteiger partial charge in [-0.15, -0.1) is 12.3 Å². The molecule has 2 N–H and O–H groups in total. The van der Waals surface area contributed by atoms with Gasteiger partial charge in [0, 0.05) is 26.7 Å². The van der Waals surface area contributed by atoms with Gasteiger partial charge in [-0.25, -0.2) is 13.2 Å². The van der Waals surface area contributed by atoms with Gasteiger partial charge in [0.1, 0.15) is 6.04 Å². The Kier molecular flexibility index (Phi) is 4.72. The van der Waals surface area contributed by atoms with E-state index < -0.39 is 38.2 Å². The number of carboxylic acids is 1. The van der Waals surface area contributed by atoms with Crippen molar-refractivity contribution in [2.75, 3.05) is 0 Å². The molecule has 1 aromatic rings. The largest absolute Gasteiger partial charge is 0.480 e. The summed E-state index contributed by atoms with van der Waals surface area (Å²) >= 11 is 0. The van der Waals surface area contributed by atoms with Crippen molar-refractivity contribution in [2.24, 2.45) is 14.1 Å². The minimum absolute atomic E-state index is 0.388. The summed E-state index contributed by atoms with van der Waals surface area (Å²) in [6.45, 7) is 0. The smallest absolute Gasteiger partial charge is 0.330 e. The number of hydrogen-bond acceptors (Lipinski definition) is 5. The highest BCUT2D eigenvalue weighted by Crippen LogP contribution is 2.03. The van der Waals surface area contributed by atoms with E-state index in [1.807, 2.05) is 10.6 Å². The maximum atomic E-state index is 12.1. The molecule has 9 nitrogen and oxygen atoms in total. The van der Waals surface area contributed by atoms with Crippen LogP contribution < -0.4 is 16.0 Å². The highest BCUT2D eigenvalue weighted by Gasteiger charge is 2.28. The Morgan fingerprint density at radius 2 is 2.05 bits per heavy atom. The standard InChI is InChI=1S/C11H13N3O6S/c1-4-5-7(10(16)17)12-21(19,20)8-6-13(2)11(18)14(3)9(8)15/h1,6-7,12H,5H2,2-3H3,(H,16,17). The Balaban J connectivity index is 3.40. The molecule has 114 valence electrons. The first-order chi connectivity index (χ1) is 9.61. The van der Waals surface area contributed by atoms with Crippen molar-refractivity contribution in [3.05, 3.63) is 27.0 Å². The zero-order valence-electron chi connectivity index (χ0n) is 11.2. The minimum Gasteiger partial charge on any atom is -0.480 e. The number of aryl methyl sites for hydroxylation is 1. The molecule has 1 aromatic heterocycles. The molecule has 0 aliphatic heterocycles. The summed E-state index contributed by atoms with van der Waals surface area (Å²) in [7, 11) is -2.07. The van der Waals surface area contributed by atoms with Gasteiger partial charge in [0.25, 0.3) is 5.56 Å². The van der Waals surface area contributed by atoms with Crippen LogP contribution in [-0.2, 0) is 28.9 Å². The van der Waals surface area contributed by atoms with Crippen LogP contribution in [0.15, 0.2) is 20.7 Å². The summed E-state index contributed by atoms with van der Waals surface area (Å²) in [5, 5.41) is 8.88. The topological polar surface area (TPSA) is 127 Å². The van der Waals surface area contributed by atoms with Gasteiger partial charge < -0.3 is 9.67 Å². The first kappa shape index (κ1) is 16.7. The lowest BCUT2D eigenvalue weighted by Crippen LogP contribution is -2.45. The summed E-state index contributed by atoms with van der Waals surface area (Å²) < 4.78 is 27.5. The SMILES string of the molecule is C#CCC(NS(=O)(=O)c1cn(C)c(=O)n(C)c1=O)C(=O)O. The van der Waals surface area contributed by atoms with Gasteiger partial charge in [-0.2, -0.15) is 4.72 Å². The number of aliphatic carboxylic acids is 1. The number of terminal acetylenes is 1. The molecule has 1 rings (SSSR count). The Hall–Kier alpha value is -2.38. The second-order valence-electron chi connectivity index (χ2n) is 4.17. The van der Waals surface area contributed by atoms with E-state index in [0.717, 1.165) is 17.8 Å². The third-order valence-electron chi connectivity index (χ3n) is 2.62. The fourth-order valence-electron chi connectivity index (χ4n) is 1.51. The predicted octanol–water partition coefficient (Wildman–Crippen LogP) is -2.16. The number of carboxylic acid groups (broad SMARTS) is 1. The summed E-state index contributed by atoms with van der Waals surface area (Å²) in [6.07, 6.45) is 5.40. The zero-order valence-corrected chi connectivity index (χ0v) is 12.0. The molecule has 10 heteroatoms. The van der Waals surface area contributed by atoms with Gasteiger partial charge >= 0.3 is 11.7 Å². The molecule has 0 spiro atoms. The first-order valence-electron chi connectivity index (χ1n) is 5.57. The molecule has 0 aromatic carbocycles. The lowest BCUT2D eigenvalue weighted by molar-refractivity contribution is -0.138. The average Bonchev–Trinajstić information content (AvgIpc) is 2.39. The van der Waals surface area contributed by atoms with E-state index in [-0.39, 0.29) is 6.42 Å². The third-order valence-corrected chi connectivity index (χ3v) is 4.08. The van der Waals surface area contributed by atoms with Gasteiger partial charge in [0.05, 0.1) is 0 Å². The fraction of sp³-hybridized carbons (Fsp3) is 0.364. The second-order valence-corrected chi connectivity index (χ2v) is 5.85. The molecule has 0 saturated heterocycles. The molecule has 1 heterocycles. The Morgan fingerprint density at radius 1 is 1.48 bits per heavy atom. The molecule has 21 heavy (non-hydrogen) atoms. The van der Waals surface area contributed by atoms with E-state index in [0.29, 0.717) is 4.57 Å². The van der Waals surface area contributed by atoms with Crippen LogP contribution in [0.2, 0.25) is 0 Å². The number of hydrogen-bond donors (Lipinski definition) is 2. The van der Waals surface area contributed by atoms with Crippen LogP contribution in [0, 0.1) is 12.3 Å². The summed E-state index contributed by atoms with van der Waals surface area (Å²) in [4.78, 5) is 33.5. The van der Waals surface area contributed by atoms with Gasteiger partial charge in [0.2, 0.25) is 10.0 Å². The third kappa shape index (κ3) is 3.39. The fourth-order valence-corrected chi connectivity index (χ4v) is 2.86.